The van der Waals surface area contributed by atoms with E-state index in [2.05, 4.69) is 28.1 Å². The van der Waals surface area contributed by atoms with Gasteiger partial charge in [0.05, 0.1) is 15.7 Å². The highest BCUT2D eigenvalue weighted by Gasteiger charge is 2.13. The zero-order chi connectivity index (χ0) is 20.4. The van der Waals surface area contributed by atoms with Crippen molar-refractivity contribution in [1.29, 1.82) is 0 Å². The summed E-state index contributed by atoms with van der Waals surface area (Å²) in [5.74, 6) is -0.0478. The molecule has 0 unspecified atom stereocenters. The predicted molar refractivity (Wildman–Crippen MR) is 129 cm³/mol. The number of phenols is 1. The Labute approximate surface area is 197 Å². The van der Waals surface area contributed by atoms with Gasteiger partial charge in [-0.25, -0.2) is 4.98 Å². The fourth-order valence-corrected chi connectivity index (χ4v) is 4.10. The molecular formula is C23H20Cl4N2O. The van der Waals surface area contributed by atoms with E-state index in [-0.39, 0.29) is 23.2 Å². The molecule has 7 heteroatoms. The summed E-state index contributed by atoms with van der Waals surface area (Å²) in [7, 11) is 0. The maximum atomic E-state index is 10.2. The van der Waals surface area contributed by atoms with E-state index in [1.807, 2.05) is 36.4 Å². The Hall–Kier alpha value is -1.75. The molecule has 30 heavy (non-hydrogen) atoms. The third kappa shape index (κ3) is 5.11. The molecule has 1 aromatic heterocycles. The molecule has 0 bridgehead atoms. The Kier molecular flexibility index (Phi) is 7.67. The lowest BCUT2D eigenvalue weighted by Gasteiger charge is -2.25. The minimum Gasteiger partial charge on any atom is -0.504 e. The molecule has 0 fully saturated rings. The third-order valence-electron chi connectivity index (χ3n) is 5.03. The number of halogens is 4. The van der Waals surface area contributed by atoms with E-state index in [1.165, 1.54) is 11.6 Å². The molecule has 1 aliphatic rings. The van der Waals surface area contributed by atoms with Gasteiger partial charge in [-0.3, -0.25) is 4.90 Å². The van der Waals surface area contributed by atoms with Crippen molar-refractivity contribution in [3.05, 3.63) is 86.5 Å². The van der Waals surface area contributed by atoms with Gasteiger partial charge < -0.3 is 5.11 Å². The van der Waals surface area contributed by atoms with E-state index in [0.29, 0.717) is 15.9 Å². The summed E-state index contributed by atoms with van der Waals surface area (Å²) in [6.45, 7) is 2.70. The minimum absolute atomic E-state index is 0. The molecule has 0 saturated heterocycles. The van der Waals surface area contributed by atoms with Crippen LogP contribution in [-0.4, -0.2) is 28.1 Å². The average molecular weight is 482 g/mol. The molecule has 156 valence electrons. The minimum atomic E-state index is -0.0478. The van der Waals surface area contributed by atoms with Crippen LogP contribution < -0.4 is 0 Å². The average Bonchev–Trinajstić information content (AvgIpc) is 2.73. The first kappa shape index (κ1) is 22.9. The van der Waals surface area contributed by atoms with Gasteiger partial charge in [-0.15, -0.1) is 12.4 Å². The number of hydrogen-bond donors (Lipinski definition) is 1. The van der Waals surface area contributed by atoms with Crippen molar-refractivity contribution in [2.45, 2.75) is 13.0 Å². The van der Waals surface area contributed by atoms with Crippen molar-refractivity contribution in [3.8, 4) is 5.75 Å². The standard InChI is InChI=1S/C23H19Cl3N2O.ClH/c24-19-4-2-1-3-16(19)14-28-11-9-15(10-12-28)5-6-17-7-8-18-20(25)13-21(26)23(29)22(18)27-17;/h1-9,13,29H,10-12,14H2;1H/b6-5+;. The number of rotatable bonds is 4. The van der Waals surface area contributed by atoms with Gasteiger partial charge in [-0.1, -0.05) is 65.2 Å². The first-order valence-electron chi connectivity index (χ1n) is 9.32. The first-order chi connectivity index (χ1) is 14.0. The molecule has 4 rings (SSSR count). The largest absolute Gasteiger partial charge is 0.504 e. The summed E-state index contributed by atoms with van der Waals surface area (Å²) in [5, 5.41) is 12.4. The summed E-state index contributed by atoms with van der Waals surface area (Å²) in [5.41, 5.74) is 3.56. The molecule has 0 atom stereocenters. The molecule has 0 amide bonds. The zero-order valence-corrected chi connectivity index (χ0v) is 19.1. The van der Waals surface area contributed by atoms with Crippen LogP contribution in [0.4, 0.5) is 0 Å². The van der Waals surface area contributed by atoms with Gasteiger partial charge >= 0.3 is 0 Å². The van der Waals surface area contributed by atoms with Gasteiger partial charge in [-0.2, -0.15) is 0 Å². The molecule has 3 nitrogen and oxygen atoms in total. The number of hydrogen-bond acceptors (Lipinski definition) is 3. The molecule has 3 aromatic rings. The Morgan fingerprint density at radius 1 is 1.00 bits per heavy atom. The second-order valence-electron chi connectivity index (χ2n) is 7.01. The van der Waals surface area contributed by atoms with Crippen molar-refractivity contribution < 1.29 is 5.11 Å². The smallest absolute Gasteiger partial charge is 0.160 e. The van der Waals surface area contributed by atoms with Gasteiger partial charge in [0, 0.05) is 30.0 Å². The van der Waals surface area contributed by atoms with E-state index < -0.39 is 0 Å². The first-order valence-corrected chi connectivity index (χ1v) is 10.5. The number of aromatic hydroxyl groups is 1. The van der Waals surface area contributed by atoms with Crippen molar-refractivity contribution >= 4 is 64.2 Å². The number of pyridine rings is 1. The van der Waals surface area contributed by atoms with E-state index in [1.54, 1.807) is 0 Å². The Bertz CT molecular complexity index is 1130. The summed E-state index contributed by atoms with van der Waals surface area (Å²) in [6, 6.07) is 13.2. The topological polar surface area (TPSA) is 36.4 Å². The van der Waals surface area contributed by atoms with E-state index >= 15 is 0 Å². The number of phenolic OH excluding ortho intramolecular Hbond substituents is 1. The monoisotopic (exact) mass is 480 g/mol. The van der Waals surface area contributed by atoms with E-state index in [4.69, 9.17) is 34.8 Å². The number of aromatic nitrogens is 1. The van der Waals surface area contributed by atoms with Crippen LogP contribution in [0.3, 0.4) is 0 Å². The number of benzene rings is 2. The summed E-state index contributed by atoms with van der Waals surface area (Å²) in [6.07, 6.45) is 7.20. The molecule has 0 radical (unpaired) electrons. The summed E-state index contributed by atoms with van der Waals surface area (Å²) >= 11 is 18.5. The van der Waals surface area contributed by atoms with Gasteiger partial charge in [0.15, 0.2) is 5.75 Å². The maximum absolute atomic E-state index is 10.2. The highest BCUT2D eigenvalue weighted by atomic mass is 35.5. The summed E-state index contributed by atoms with van der Waals surface area (Å²) < 4.78 is 0. The number of fused-ring (bicyclic) bond motifs is 1. The molecule has 2 heterocycles. The van der Waals surface area contributed by atoms with Crippen LogP contribution >= 0.6 is 47.2 Å². The Balaban J connectivity index is 0.00000256. The lowest BCUT2D eigenvalue weighted by molar-refractivity contribution is 0.287. The van der Waals surface area contributed by atoms with Crippen LogP contribution in [0.5, 0.6) is 5.75 Å². The maximum Gasteiger partial charge on any atom is 0.160 e. The van der Waals surface area contributed by atoms with Gasteiger partial charge in [0.25, 0.3) is 0 Å². The zero-order valence-electron chi connectivity index (χ0n) is 16.0. The molecule has 0 spiro atoms. The van der Waals surface area contributed by atoms with Crippen LogP contribution in [0.25, 0.3) is 17.0 Å². The molecule has 0 aliphatic carbocycles. The van der Waals surface area contributed by atoms with Crippen molar-refractivity contribution in [1.82, 2.24) is 9.88 Å². The highest BCUT2D eigenvalue weighted by Crippen LogP contribution is 2.36. The van der Waals surface area contributed by atoms with Crippen molar-refractivity contribution in [3.63, 3.8) is 0 Å². The quantitative estimate of drug-likeness (QED) is 0.429. The molecule has 1 aliphatic heterocycles. The normalized spacial score (nSPS) is 14.7. The molecule has 1 N–H and O–H groups in total. The molecular weight excluding hydrogens is 462 g/mol. The van der Waals surface area contributed by atoms with Crippen LogP contribution in [0, 0.1) is 0 Å². The van der Waals surface area contributed by atoms with E-state index in [9.17, 15) is 5.11 Å². The Morgan fingerprint density at radius 2 is 1.80 bits per heavy atom. The lowest BCUT2D eigenvalue weighted by Crippen LogP contribution is -2.28. The van der Waals surface area contributed by atoms with Crippen LogP contribution in [0.1, 0.15) is 17.7 Å². The number of nitrogens with zero attached hydrogens (tertiary/aromatic N) is 2. The predicted octanol–water partition coefficient (Wildman–Crippen LogP) is 7.17. The van der Waals surface area contributed by atoms with Crippen molar-refractivity contribution in [2.75, 3.05) is 13.1 Å². The second-order valence-corrected chi connectivity index (χ2v) is 8.23. The van der Waals surface area contributed by atoms with Crippen LogP contribution in [-0.2, 0) is 6.54 Å². The number of allylic oxidation sites excluding steroid dienone is 1. The second kappa shape index (κ2) is 10.0. The van der Waals surface area contributed by atoms with E-state index in [0.717, 1.165) is 42.3 Å². The van der Waals surface area contributed by atoms with Gasteiger partial charge in [0.2, 0.25) is 0 Å². The SMILES string of the molecule is Cl.Oc1c(Cl)cc(Cl)c2ccc(/C=C/C3=CCN(Cc4ccccc4Cl)CC3)nc12. The summed E-state index contributed by atoms with van der Waals surface area (Å²) in [4.78, 5) is 6.87. The lowest BCUT2D eigenvalue weighted by atomic mass is 10.1. The molecule has 0 saturated carbocycles. The van der Waals surface area contributed by atoms with Crippen LogP contribution in [0.2, 0.25) is 15.1 Å². The van der Waals surface area contributed by atoms with Crippen LogP contribution in [0.15, 0.2) is 60.2 Å². The fourth-order valence-electron chi connectivity index (χ4n) is 3.39. The van der Waals surface area contributed by atoms with Crippen molar-refractivity contribution in [2.24, 2.45) is 0 Å². The highest BCUT2D eigenvalue weighted by molar-refractivity contribution is 6.39. The Morgan fingerprint density at radius 3 is 2.53 bits per heavy atom. The van der Waals surface area contributed by atoms with Gasteiger partial charge in [0.1, 0.15) is 5.52 Å². The fraction of sp³-hybridized carbons (Fsp3) is 0.174. The molecule has 2 aromatic carbocycles. The van der Waals surface area contributed by atoms with Gasteiger partial charge in [-0.05, 0) is 47.9 Å². The third-order valence-corrected chi connectivity index (χ3v) is 6.00.